The van der Waals surface area contributed by atoms with Gasteiger partial charge in [-0.3, -0.25) is 4.79 Å². The zero-order chi connectivity index (χ0) is 14.9. The number of hydrogen-bond acceptors (Lipinski definition) is 3. The van der Waals surface area contributed by atoms with Crippen LogP contribution in [0, 0.1) is 0 Å². The van der Waals surface area contributed by atoms with Crippen LogP contribution < -0.4 is 5.32 Å². The highest BCUT2D eigenvalue weighted by molar-refractivity contribution is 7.99. The number of nitrogens with one attached hydrogen (secondary N) is 1. The smallest absolute Gasteiger partial charge is 0.230 e. The molecule has 0 aliphatic rings. The molecule has 1 amide bonds. The minimum atomic E-state index is -0.337. The maximum atomic E-state index is 11.9. The molecule has 0 spiro atoms. The lowest BCUT2D eigenvalue weighted by atomic mass is 10.1. The SMILES string of the molecule is O=C(CSCc1ccccc1)N[C@H](CO)c1ccccc1. The average molecular weight is 301 g/mol. The minimum Gasteiger partial charge on any atom is -0.394 e. The molecule has 0 aromatic heterocycles. The second-order valence-corrected chi connectivity index (χ2v) is 5.68. The molecule has 0 saturated heterocycles. The van der Waals surface area contributed by atoms with E-state index in [-0.39, 0.29) is 18.6 Å². The fraction of sp³-hybridized carbons (Fsp3) is 0.235. The molecular formula is C17H19NO2S. The van der Waals surface area contributed by atoms with Crippen molar-refractivity contribution in [2.45, 2.75) is 11.8 Å². The molecule has 2 rings (SSSR count). The number of amides is 1. The number of hydrogen-bond donors (Lipinski definition) is 2. The maximum Gasteiger partial charge on any atom is 0.230 e. The van der Waals surface area contributed by atoms with Gasteiger partial charge in [0.1, 0.15) is 0 Å². The molecule has 2 N–H and O–H groups in total. The Balaban J connectivity index is 1.78. The Hall–Kier alpha value is -1.78. The molecule has 3 nitrogen and oxygen atoms in total. The summed E-state index contributed by atoms with van der Waals surface area (Å²) in [6.45, 7) is -0.0981. The van der Waals surface area contributed by atoms with E-state index in [9.17, 15) is 9.90 Å². The number of rotatable bonds is 7. The summed E-state index contributed by atoms with van der Waals surface area (Å²) in [5.74, 6) is 1.14. The third kappa shape index (κ3) is 5.25. The van der Waals surface area contributed by atoms with Crippen molar-refractivity contribution >= 4 is 17.7 Å². The molecular weight excluding hydrogens is 282 g/mol. The second kappa shape index (κ2) is 8.49. The number of carbonyl (C=O) groups excluding carboxylic acids is 1. The van der Waals surface area contributed by atoms with Crippen LogP contribution in [0.15, 0.2) is 60.7 Å². The van der Waals surface area contributed by atoms with E-state index in [1.165, 1.54) is 5.56 Å². The van der Waals surface area contributed by atoms with Gasteiger partial charge in [0.2, 0.25) is 5.91 Å². The average Bonchev–Trinajstić information content (AvgIpc) is 2.54. The Labute approximate surface area is 129 Å². The monoisotopic (exact) mass is 301 g/mol. The van der Waals surface area contributed by atoms with E-state index in [0.717, 1.165) is 11.3 Å². The number of aliphatic hydroxyl groups excluding tert-OH is 1. The van der Waals surface area contributed by atoms with Gasteiger partial charge in [-0.05, 0) is 11.1 Å². The predicted molar refractivity (Wildman–Crippen MR) is 87.0 cm³/mol. The first-order valence-corrected chi connectivity index (χ1v) is 8.02. The van der Waals surface area contributed by atoms with Crippen molar-refractivity contribution in [2.75, 3.05) is 12.4 Å². The number of thioether (sulfide) groups is 1. The molecule has 1 atom stereocenters. The van der Waals surface area contributed by atoms with Crippen LogP contribution in [0.25, 0.3) is 0 Å². The molecule has 0 aliphatic carbocycles. The Morgan fingerprint density at radius 3 is 2.29 bits per heavy atom. The lowest BCUT2D eigenvalue weighted by Gasteiger charge is -2.16. The van der Waals surface area contributed by atoms with E-state index in [2.05, 4.69) is 5.32 Å². The molecule has 110 valence electrons. The van der Waals surface area contributed by atoms with Crippen LogP contribution in [-0.2, 0) is 10.5 Å². The largest absolute Gasteiger partial charge is 0.394 e. The minimum absolute atomic E-state index is 0.0566. The van der Waals surface area contributed by atoms with Crippen molar-refractivity contribution in [2.24, 2.45) is 0 Å². The number of aliphatic hydroxyl groups is 1. The van der Waals surface area contributed by atoms with Crippen molar-refractivity contribution in [3.8, 4) is 0 Å². The fourth-order valence-electron chi connectivity index (χ4n) is 1.99. The topological polar surface area (TPSA) is 49.3 Å². The number of benzene rings is 2. The van der Waals surface area contributed by atoms with Gasteiger partial charge in [0.15, 0.2) is 0 Å². The van der Waals surface area contributed by atoms with Crippen molar-refractivity contribution < 1.29 is 9.90 Å². The van der Waals surface area contributed by atoms with E-state index in [1.54, 1.807) is 11.8 Å². The number of carbonyl (C=O) groups is 1. The van der Waals surface area contributed by atoms with Crippen molar-refractivity contribution in [1.82, 2.24) is 5.32 Å². The van der Waals surface area contributed by atoms with Crippen LogP contribution >= 0.6 is 11.8 Å². The van der Waals surface area contributed by atoms with Gasteiger partial charge >= 0.3 is 0 Å². The van der Waals surface area contributed by atoms with Crippen LogP contribution in [0.2, 0.25) is 0 Å². The summed E-state index contributed by atoms with van der Waals surface area (Å²) in [5.41, 5.74) is 2.12. The standard InChI is InChI=1S/C17H19NO2S/c19-11-16(15-9-5-2-6-10-15)18-17(20)13-21-12-14-7-3-1-4-8-14/h1-10,16,19H,11-13H2,(H,18,20)/t16-/m1/s1. The molecule has 2 aromatic carbocycles. The molecule has 21 heavy (non-hydrogen) atoms. The van der Waals surface area contributed by atoms with Crippen LogP contribution in [0.3, 0.4) is 0 Å². The quantitative estimate of drug-likeness (QED) is 0.827. The summed E-state index contributed by atoms with van der Waals surface area (Å²) in [6, 6.07) is 19.2. The summed E-state index contributed by atoms with van der Waals surface area (Å²) in [4.78, 5) is 11.9. The molecule has 0 fully saturated rings. The van der Waals surface area contributed by atoms with Gasteiger partial charge in [0.25, 0.3) is 0 Å². The zero-order valence-corrected chi connectivity index (χ0v) is 12.6. The van der Waals surface area contributed by atoms with Crippen LogP contribution in [0.1, 0.15) is 17.2 Å². The molecule has 0 saturated carbocycles. The van der Waals surface area contributed by atoms with Gasteiger partial charge in [-0.25, -0.2) is 0 Å². The maximum absolute atomic E-state index is 11.9. The van der Waals surface area contributed by atoms with Gasteiger partial charge in [-0.15, -0.1) is 11.8 Å². The first-order valence-electron chi connectivity index (χ1n) is 6.86. The lowest BCUT2D eigenvalue weighted by molar-refractivity contribution is -0.119. The summed E-state index contributed by atoms with van der Waals surface area (Å²) in [6.07, 6.45) is 0. The highest BCUT2D eigenvalue weighted by atomic mass is 32.2. The molecule has 0 heterocycles. The van der Waals surface area contributed by atoms with Crippen molar-refractivity contribution in [3.63, 3.8) is 0 Å². The van der Waals surface area contributed by atoms with E-state index >= 15 is 0 Å². The second-order valence-electron chi connectivity index (χ2n) is 4.69. The van der Waals surface area contributed by atoms with E-state index < -0.39 is 0 Å². The summed E-state index contributed by atoms with van der Waals surface area (Å²) < 4.78 is 0. The molecule has 2 aromatic rings. The first kappa shape index (κ1) is 15.6. The molecule has 0 radical (unpaired) electrons. The Morgan fingerprint density at radius 1 is 1.05 bits per heavy atom. The van der Waals surface area contributed by atoms with Gasteiger partial charge in [-0.2, -0.15) is 0 Å². The zero-order valence-electron chi connectivity index (χ0n) is 11.7. The van der Waals surface area contributed by atoms with Crippen LogP contribution in [0.5, 0.6) is 0 Å². The third-order valence-electron chi connectivity index (χ3n) is 3.06. The summed E-state index contributed by atoms with van der Waals surface area (Å²) >= 11 is 1.57. The highest BCUT2D eigenvalue weighted by Gasteiger charge is 2.13. The molecule has 4 heteroatoms. The first-order chi connectivity index (χ1) is 10.3. The Kier molecular flexibility index (Phi) is 6.31. The lowest BCUT2D eigenvalue weighted by Crippen LogP contribution is -2.32. The van der Waals surface area contributed by atoms with Crippen LogP contribution in [0.4, 0.5) is 0 Å². The Morgan fingerprint density at radius 2 is 1.67 bits per heavy atom. The normalized spacial score (nSPS) is 11.9. The van der Waals surface area contributed by atoms with E-state index in [1.807, 2.05) is 60.7 Å². The van der Waals surface area contributed by atoms with Gasteiger partial charge in [0, 0.05) is 5.75 Å². The predicted octanol–water partition coefficient (Wildman–Crippen LogP) is 2.77. The molecule has 0 aliphatic heterocycles. The fourth-order valence-corrected chi connectivity index (χ4v) is 2.79. The van der Waals surface area contributed by atoms with Crippen molar-refractivity contribution in [3.05, 3.63) is 71.8 Å². The van der Waals surface area contributed by atoms with E-state index in [4.69, 9.17) is 0 Å². The Bertz CT molecular complexity index is 545. The molecule has 0 unspecified atom stereocenters. The van der Waals surface area contributed by atoms with E-state index in [0.29, 0.717) is 5.75 Å². The summed E-state index contributed by atoms with van der Waals surface area (Å²) in [5, 5.41) is 12.3. The third-order valence-corrected chi connectivity index (χ3v) is 4.07. The van der Waals surface area contributed by atoms with Crippen LogP contribution in [-0.4, -0.2) is 23.4 Å². The summed E-state index contributed by atoms with van der Waals surface area (Å²) in [7, 11) is 0. The van der Waals surface area contributed by atoms with Gasteiger partial charge in [-0.1, -0.05) is 60.7 Å². The van der Waals surface area contributed by atoms with Crippen molar-refractivity contribution in [1.29, 1.82) is 0 Å². The van der Waals surface area contributed by atoms with Gasteiger partial charge < -0.3 is 10.4 Å². The van der Waals surface area contributed by atoms with Gasteiger partial charge in [0.05, 0.1) is 18.4 Å². The highest BCUT2D eigenvalue weighted by Crippen LogP contribution is 2.14. The molecule has 0 bridgehead atoms.